The van der Waals surface area contributed by atoms with Crippen molar-refractivity contribution in [3.8, 4) is 5.75 Å². The SMILES string of the molecule is CC(Oc1cc(F)ccc1[N+](=O)[O-])C(=O)N1CCCCC1. The van der Waals surface area contributed by atoms with Gasteiger partial charge in [0, 0.05) is 25.2 Å². The molecule has 1 unspecified atom stereocenters. The molecule has 1 fully saturated rings. The summed E-state index contributed by atoms with van der Waals surface area (Å²) in [4.78, 5) is 24.1. The van der Waals surface area contributed by atoms with Crippen molar-refractivity contribution in [3.05, 3.63) is 34.1 Å². The van der Waals surface area contributed by atoms with Gasteiger partial charge in [0.05, 0.1) is 4.92 Å². The molecule has 1 aromatic rings. The zero-order valence-electron chi connectivity index (χ0n) is 11.8. The highest BCUT2D eigenvalue weighted by Gasteiger charge is 2.26. The van der Waals surface area contributed by atoms with Crippen LogP contribution in [0.1, 0.15) is 26.2 Å². The Balaban J connectivity index is 2.11. The molecule has 1 saturated heterocycles. The molecule has 21 heavy (non-hydrogen) atoms. The maximum Gasteiger partial charge on any atom is 0.311 e. The number of benzene rings is 1. The van der Waals surface area contributed by atoms with Gasteiger partial charge in [0.25, 0.3) is 5.91 Å². The second-order valence-electron chi connectivity index (χ2n) is 5.02. The predicted octanol–water partition coefficient (Wildman–Crippen LogP) is 2.51. The lowest BCUT2D eigenvalue weighted by Crippen LogP contribution is -2.43. The van der Waals surface area contributed by atoms with Crippen molar-refractivity contribution in [2.75, 3.05) is 13.1 Å². The number of likely N-dealkylation sites (tertiary alicyclic amines) is 1. The van der Waals surface area contributed by atoms with Crippen LogP contribution in [0.4, 0.5) is 10.1 Å². The quantitative estimate of drug-likeness (QED) is 0.632. The van der Waals surface area contributed by atoms with Crippen LogP contribution in [0.3, 0.4) is 0 Å². The summed E-state index contributed by atoms with van der Waals surface area (Å²) in [5.41, 5.74) is -0.352. The molecule has 114 valence electrons. The number of carbonyl (C=O) groups excluding carboxylic acids is 1. The maximum atomic E-state index is 13.2. The molecule has 0 bridgehead atoms. The molecule has 0 aliphatic carbocycles. The van der Waals surface area contributed by atoms with E-state index < -0.39 is 16.8 Å². The zero-order valence-corrected chi connectivity index (χ0v) is 11.8. The molecule has 1 atom stereocenters. The summed E-state index contributed by atoms with van der Waals surface area (Å²) < 4.78 is 18.5. The Morgan fingerprint density at radius 2 is 2.05 bits per heavy atom. The summed E-state index contributed by atoms with van der Waals surface area (Å²) in [6.45, 7) is 2.85. The van der Waals surface area contributed by atoms with Gasteiger partial charge < -0.3 is 9.64 Å². The van der Waals surface area contributed by atoms with Gasteiger partial charge in [-0.1, -0.05) is 0 Å². The molecule has 0 aromatic heterocycles. The molecule has 0 N–H and O–H groups in total. The van der Waals surface area contributed by atoms with Gasteiger partial charge in [0.15, 0.2) is 6.10 Å². The van der Waals surface area contributed by atoms with Crippen LogP contribution in [0, 0.1) is 15.9 Å². The lowest BCUT2D eigenvalue weighted by atomic mass is 10.1. The number of nitro benzene ring substituents is 1. The normalized spacial score (nSPS) is 16.4. The van der Waals surface area contributed by atoms with E-state index in [0.29, 0.717) is 13.1 Å². The highest BCUT2D eigenvalue weighted by Crippen LogP contribution is 2.28. The second kappa shape index (κ2) is 6.51. The lowest BCUT2D eigenvalue weighted by Gasteiger charge is -2.29. The van der Waals surface area contributed by atoms with E-state index in [1.54, 1.807) is 4.90 Å². The smallest absolute Gasteiger partial charge is 0.311 e. The van der Waals surface area contributed by atoms with Crippen LogP contribution in [0.15, 0.2) is 18.2 Å². The van der Waals surface area contributed by atoms with Crippen LogP contribution < -0.4 is 4.74 Å². The maximum absolute atomic E-state index is 13.2. The Hall–Kier alpha value is -2.18. The first-order chi connectivity index (χ1) is 9.99. The molecule has 1 amide bonds. The molecular weight excluding hydrogens is 279 g/mol. The van der Waals surface area contributed by atoms with Crippen molar-refractivity contribution in [3.63, 3.8) is 0 Å². The van der Waals surface area contributed by atoms with Crippen molar-refractivity contribution in [1.29, 1.82) is 0 Å². The number of hydrogen-bond donors (Lipinski definition) is 0. The summed E-state index contributed by atoms with van der Waals surface area (Å²) in [7, 11) is 0. The highest BCUT2D eigenvalue weighted by atomic mass is 19.1. The van der Waals surface area contributed by atoms with Gasteiger partial charge in [-0.3, -0.25) is 14.9 Å². The summed E-state index contributed by atoms with van der Waals surface area (Å²) in [6, 6.07) is 2.95. The topological polar surface area (TPSA) is 72.7 Å². The van der Waals surface area contributed by atoms with Crippen LogP contribution in [-0.4, -0.2) is 34.9 Å². The molecule has 0 saturated carbocycles. The van der Waals surface area contributed by atoms with Crippen LogP contribution in [0.5, 0.6) is 5.75 Å². The number of rotatable bonds is 4. The van der Waals surface area contributed by atoms with Gasteiger partial charge in [-0.05, 0) is 32.3 Å². The molecule has 1 aliphatic heterocycles. The van der Waals surface area contributed by atoms with E-state index in [2.05, 4.69) is 0 Å². The van der Waals surface area contributed by atoms with Crippen molar-refractivity contribution in [1.82, 2.24) is 4.90 Å². The van der Waals surface area contributed by atoms with E-state index in [1.165, 1.54) is 6.92 Å². The number of hydrogen-bond acceptors (Lipinski definition) is 4. The van der Waals surface area contributed by atoms with Gasteiger partial charge in [0.1, 0.15) is 5.82 Å². The van der Waals surface area contributed by atoms with Crippen LogP contribution in [0.25, 0.3) is 0 Å². The minimum absolute atomic E-state index is 0.224. The predicted molar refractivity (Wildman–Crippen MR) is 73.6 cm³/mol. The summed E-state index contributed by atoms with van der Waals surface area (Å²) in [6.07, 6.45) is 2.09. The highest BCUT2D eigenvalue weighted by molar-refractivity contribution is 5.81. The molecular formula is C14H17FN2O4. The van der Waals surface area contributed by atoms with Gasteiger partial charge in [-0.25, -0.2) is 4.39 Å². The third kappa shape index (κ3) is 3.68. The second-order valence-corrected chi connectivity index (χ2v) is 5.02. The van der Waals surface area contributed by atoms with Crippen LogP contribution in [-0.2, 0) is 4.79 Å². The standard InChI is InChI=1S/C14H17FN2O4/c1-10(14(18)16-7-3-2-4-8-16)21-13-9-11(15)5-6-12(13)17(19)20/h5-6,9-10H,2-4,7-8H2,1H3. The molecule has 2 rings (SSSR count). The third-order valence-corrected chi connectivity index (χ3v) is 3.44. The van der Waals surface area contributed by atoms with E-state index in [0.717, 1.165) is 37.5 Å². The number of ether oxygens (including phenoxy) is 1. The first-order valence-electron chi connectivity index (χ1n) is 6.88. The molecule has 1 aromatic carbocycles. The van der Waals surface area contributed by atoms with Crippen molar-refractivity contribution in [2.24, 2.45) is 0 Å². The van der Waals surface area contributed by atoms with E-state index in [-0.39, 0.29) is 17.3 Å². The Kier molecular flexibility index (Phi) is 4.72. The van der Waals surface area contributed by atoms with Gasteiger partial charge >= 0.3 is 5.69 Å². The molecule has 7 heteroatoms. The molecule has 6 nitrogen and oxygen atoms in total. The first kappa shape index (κ1) is 15.2. The number of halogens is 1. The average Bonchev–Trinajstić information content (AvgIpc) is 2.47. The molecule has 0 spiro atoms. The minimum Gasteiger partial charge on any atom is -0.474 e. The Labute approximate surface area is 121 Å². The first-order valence-corrected chi connectivity index (χ1v) is 6.88. The van der Waals surface area contributed by atoms with Gasteiger partial charge in [-0.15, -0.1) is 0 Å². The Bertz CT molecular complexity index is 544. The fourth-order valence-electron chi connectivity index (χ4n) is 2.35. The van der Waals surface area contributed by atoms with Gasteiger partial charge in [0.2, 0.25) is 5.75 Å². The van der Waals surface area contributed by atoms with Crippen molar-refractivity contribution in [2.45, 2.75) is 32.3 Å². The summed E-state index contributed by atoms with van der Waals surface area (Å²) in [5.74, 6) is -1.10. The molecule has 0 radical (unpaired) electrons. The Morgan fingerprint density at radius 1 is 1.38 bits per heavy atom. The lowest BCUT2D eigenvalue weighted by molar-refractivity contribution is -0.386. The average molecular weight is 296 g/mol. The van der Waals surface area contributed by atoms with Crippen LogP contribution in [0.2, 0.25) is 0 Å². The fourth-order valence-corrected chi connectivity index (χ4v) is 2.35. The number of amides is 1. The number of piperidine rings is 1. The van der Waals surface area contributed by atoms with E-state index in [4.69, 9.17) is 4.74 Å². The minimum atomic E-state index is -0.886. The number of nitro groups is 1. The zero-order chi connectivity index (χ0) is 15.4. The summed E-state index contributed by atoms with van der Waals surface area (Å²) >= 11 is 0. The monoisotopic (exact) mass is 296 g/mol. The molecule has 1 aliphatic rings. The summed E-state index contributed by atoms with van der Waals surface area (Å²) in [5, 5.41) is 10.9. The van der Waals surface area contributed by atoms with Crippen LogP contribution >= 0.6 is 0 Å². The number of nitrogens with zero attached hydrogens (tertiary/aromatic N) is 2. The van der Waals surface area contributed by atoms with Crippen molar-refractivity contribution >= 4 is 11.6 Å². The number of carbonyl (C=O) groups is 1. The van der Waals surface area contributed by atoms with Crippen molar-refractivity contribution < 1.29 is 18.8 Å². The van der Waals surface area contributed by atoms with E-state index in [9.17, 15) is 19.3 Å². The van der Waals surface area contributed by atoms with E-state index >= 15 is 0 Å². The molecule has 1 heterocycles. The largest absolute Gasteiger partial charge is 0.474 e. The van der Waals surface area contributed by atoms with E-state index in [1.807, 2.05) is 0 Å². The fraction of sp³-hybridized carbons (Fsp3) is 0.500. The third-order valence-electron chi connectivity index (χ3n) is 3.44. The van der Waals surface area contributed by atoms with Gasteiger partial charge in [-0.2, -0.15) is 0 Å². The Morgan fingerprint density at radius 3 is 2.67 bits per heavy atom.